The van der Waals surface area contributed by atoms with Gasteiger partial charge in [-0.25, -0.2) is 0 Å². The Morgan fingerprint density at radius 3 is 2.43 bits per heavy atom. The van der Waals surface area contributed by atoms with E-state index in [9.17, 15) is 4.79 Å². The Morgan fingerprint density at radius 2 is 1.86 bits per heavy atom. The van der Waals surface area contributed by atoms with Crippen LogP contribution in [0.4, 0.5) is 0 Å². The molecule has 1 N–H and O–H groups in total. The Hall–Kier alpha value is -1.35. The molecular formula is C18H24N2O. The zero-order valence-corrected chi connectivity index (χ0v) is 12.9. The highest BCUT2D eigenvalue weighted by Crippen LogP contribution is 2.51. The Morgan fingerprint density at radius 1 is 1.14 bits per heavy atom. The monoisotopic (exact) mass is 284 g/mol. The molecular weight excluding hydrogens is 260 g/mol. The molecule has 2 unspecified atom stereocenters. The first-order valence-electron chi connectivity index (χ1n) is 8.19. The van der Waals surface area contributed by atoms with Gasteiger partial charge in [-0.05, 0) is 36.7 Å². The molecule has 2 aliphatic carbocycles. The van der Waals surface area contributed by atoms with Crippen molar-refractivity contribution in [3.05, 3.63) is 35.9 Å². The topological polar surface area (TPSA) is 32.3 Å². The summed E-state index contributed by atoms with van der Waals surface area (Å²) >= 11 is 0. The van der Waals surface area contributed by atoms with Crippen LogP contribution in [0.5, 0.6) is 0 Å². The van der Waals surface area contributed by atoms with Crippen LogP contribution in [0.3, 0.4) is 0 Å². The molecule has 3 nitrogen and oxygen atoms in total. The van der Waals surface area contributed by atoms with E-state index in [0.29, 0.717) is 11.9 Å². The third-order valence-electron chi connectivity index (χ3n) is 5.74. The van der Waals surface area contributed by atoms with Crippen molar-refractivity contribution >= 4 is 5.91 Å². The number of rotatable bonds is 2. The SMILES string of the molecule is CC1(C)CCCC1N1C(=O)C2(CC2)NC1c1ccccc1. The van der Waals surface area contributed by atoms with Gasteiger partial charge in [0, 0.05) is 6.04 Å². The van der Waals surface area contributed by atoms with Crippen LogP contribution in [-0.4, -0.2) is 22.4 Å². The average molecular weight is 284 g/mol. The molecule has 1 aliphatic heterocycles. The molecule has 4 rings (SSSR count). The number of amides is 1. The first-order chi connectivity index (χ1) is 10.0. The molecule has 112 valence electrons. The molecule has 1 spiro atoms. The fourth-order valence-corrected chi connectivity index (χ4v) is 4.27. The third kappa shape index (κ3) is 1.94. The van der Waals surface area contributed by atoms with Gasteiger partial charge < -0.3 is 4.90 Å². The van der Waals surface area contributed by atoms with Gasteiger partial charge in [0.25, 0.3) is 0 Å². The Labute approximate surface area is 126 Å². The molecule has 0 aromatic heterocycles. The van der Waals surface area contributed by atoms with E-state index in [1.54, 1.807) is 0 Å². The summed E-state index contributed by atoms with van der Waals surface area (Å²) in [4.78, 5) is 15.2. The van der Waals surface area contributed by atoms with Gasteiger partial charge in [-0.1, -0.05) is 50.6 Å². The van der Waals surface area contributed by atoms with E-state index in [-0.39, 0.29) is 17.1 Å². The molecule has 3 fully saturated rings. The van der Waals surface area contributed by atoms with E-state index < -0.39 is 0 Å². The van der Waals surface area contributed by atoms with Crippen molar-refractivity contribution in [3.8, 4) is 0 Å². The zero-order valence-electron chi connectivity index (χ0n) is 12.9. The summed E-state index contributed by atoms with van der Waals surface area (Å²) in [6.45, 7) is 4.63. The third-order valence-corrected chi connectivity index (χ3v) is 5.74. The predicted octanol–water partition coefficient (Wildman–Crippen LogP) is 3.23. The predicted molar refractivity (Wildman–Crippen MR) is 82.5 cm³/mol. The zero-order chi connectivity index (χ0) is 14.7. The van der Waals surface area contributed by atoms with Crippen LogP contribution in [0.25, 0.3) is 0 Å². The van der Waals surface area contributed by atoms with Gasteiger partial charge in [0.05, 0.1) is 0 Å². The second-order valence-corrected chi connectivity index (χ2v) is 7.65. The molecule has 1 heterocycles. The van der Waals surface area contributed by atoms with Crippen molar-refractivity contribution in [2.24, 2.45) is 5.41 Å². The second-order valence-electron chi connectivity index (χ2n) is 7.65. The van der Waals surface area contributed by atoms with Crippen LogP contribution in [0.1, 0.15) is 57.7 Å². The lowest BCUT2D eigenvalue weighted by Gasteiger charge is -2.38. The van der Waals surface area contributed by atoms with Gasteiger partial charge in [-0.15, -0.1) is 0 Å². The summed E-state index contributed by atoms with van der Waals surface area (Å²) in [5, 5.41) is 3.65. The van der Waals surface area contributed by atoms with E-state index in [1.807, 2.05) is 6.07 Å². The van der Waals surface area contributed by atoms with Crippen LogP contribution in [0.2, 0.25) is 0 Å². The molecule has 1 saturated heterocycles. The van der Waals surface area contributed by atoms with Crippen molar-refractivity contribution in [2.45, 2.75) is 63.7 Å². The minimum absolute atomic E-state index is 0.0589. The van der Waals surface area contributed by atoms with Gasteiger partial charge >= 0.3 is 0 Å². The summed E-state index contributed by atoms with van der Waals surface area (Å²) in [5.74, 6) is 0.344. The van der Waals surface area contributed by atoms with E-state index in [0.717, 1.165) is 19.3 Å². The normalized spacial score (nSPS) is 32.9. The fraction of sp³-hybridized carbons (Fsp3) is 0.611. The van der Waals surface area contributed by atoms with Gasteiger partial charge in [0.15, 0.2) is 0 Å². The number of carbonyl (C=O) groups excluding carboxylic acids is 1. The molecule has 3 heteroatoms. The maximum absolute atomic E-state index is 13.0. The lowest BCUT2D eigenvalue weighted by atomic mass is 9.86. The highest BCUT2D eigenvalue weighted by atomic mass is 16.2. The molecule has 0 bridgehead atoms. The molecule has 1 aromatic rings. The second kappa shape index (κ2) is 4.33. The average Bonchev–Trinajstić information content (AvgIpc) is 3.10. The molecule has 2 atom stereocenters. The Bertz CT molecular complexity index is 562. The van der Waals surface area contributed by atoms with Crippen LogP contribution in [0.15, 0.2) is 30.3 Å². The van der Waals surface area contributed by atoms with Crippen LogP contribution in [-0.2, 0) is 4.79 Å². The van der Waals surface area contributed by atoms with E-state index in [1.165, 1.54) is 18.4 Å². The number of nitrogens with zero attached hydrogens (tertiary/aromatic N) is 1. The highest BCUT2D eigenvalue weighted by molar-refractivity contribution is 5.92. The summed E-state index contributed by atoms with van der Waals surface area (Å²) in [6.07, 6.45) is 5.65. The summed E-state index contributed by atoms with van der Waals surface area (Å²) in [7, 11) is 0. The molecule has 2 saturated carbocycles. The van der Waals surface area contributed by atoms with E-state index in [2.05, 4.69) is 48.3 Å². The largest absolute Gasteiger partial charge is 0.318 e. The molecule has 3 aliphatic rings. The number of hydrogen-bond acceptors (Lipinski definition) is 2. The number of nitrogens with one attached hydrogen (secondary N) is 1. The molecule has 1 aromatic carbocycles. The standard InChI is InChI=1S/C18H24N2O/c1-17(2)10-6-9-14(17)20-15(13-7-4-3-5-8-13)19-18(11-12-18)16(20)21/h3-5,7-8,14-15,19H,6,9-12H2,1-2H3. The van der Waals surface area contributed by atoms with Crippen molar-refractivity contribution in [3.63, 3.8) is 0 Å². The van der Waals surface area contributed by atoms with Gasteiger partial charge in [0.2, 0.25) is 5.91 Å². The van der Waals surface area contributed by atoms with E-state index >= 15 is 0 Å². The lowest BCUT2D eigenvalue weighted by molar-refractivity contribution is -0.135. The number of benzene rings is 1. The summed E-state index contributed by atoms with van der Waals surface area (Å²) in [6, 6.07) is 10.8. The lowest BCUT2D eigenvalue weighted by Crippen LogP contribution is -2.45. The number of hydrogen-bond donors (Lipinski definition) is 1. The number of carbonyl (C=O) groups is 1. The van der Waals surface area contributed by atoms with Crippen LogP contribution in [0, 0.1) is 5.41 Å². The van der Waals surface area contributed by atoms with Crippen LogP contribution >= 0.6 is 0 Å². The minimum Gasteiger partial charge on any atom is -0.318 e. The fourth-order valence-electron chi connectivity index (χ4n) is 4.27. The molecule has 1 amide bonds. The molecule has 21 heavy (non-hydrogen) atoms. The minimum atomic E-state index is -0.237. The quantitative estimate of drug-likeness (QED) is 0.904. The van der Waals surface area contributed by atoms with E-state index in [4.69, 9.17) is 0 Å². The Balaban J connectivity index is 1.73. The first kappa shape index (κ1) is 13.3. The Kier molecular flexibility index (Phi) is 2.74. The highest BCUT2D eigenvalue weighted by Gasteiger charge is 2.62. The maximum atomic E-state index is 13.0. The summed E-state index contributed by atoms with van der Waals surface area (Å²) < 4.78 is 0. The molecule has 0 radical (unpaired) electrons. The maximum Gasteiger partial charge on any atom is 0.244 e. The first-order valence-corrected chi connectivity index (χ1v) is 8.19. The van der Waals surface area contributed by atoms with Gasteiger partial charge in [-0.3, -0.25) is 10.1 Å². The smallest absolute Gasteiger partial charge is 0.244 e. The van der Waals surface area contributed by atoms with Crippen molar-refractivity contribution in [2.75, 3.05) is 0 Å². The van der Waals surface area contributed by atoms with Gasteiger partial charge in [0.1, 0.15) is 11.7 Å². The summed E-state index contributed by atoms with van der Waals surface area (Å²) in [5.41, 5.74) is 1.21. The van der Waals surface area contributed by atoms with Gasteiger partial charge in [-0.2, -0.15) is 0 Å². The van der Waals surface area contributed by atoms with Crippen molar-refractivity contribution < 1.29 is 4.79 Å². The van der Waals surface area contributed by atoms with Crippen LogP contribution < -0.4 is 5.32 Å². The van der Waals surface area contributed by atoms with Crippen molar-refractivity contribution in [1.29, 1.82) is 0 Å². The van der Waals surface area contributed by atoms with Crippen molar-refractivity contribution in [1.82, 2.24) is 10.2 Å².